The molecule has 4 heterocycles. The van der Waals surface area contributed by atoms with E-state index in [-0.39, 0.29) is 17.6 Å². The van der Waals surface area contributed by atoms with Crippen LogP contribution in [0.15, 0.2) is 24.5 Å². The van der Waals surface area contributed by atoms with E-state index >= 15 is 0 Å². The van der Waals surface area contributed by atoms with Gasteiger partial charge in [-0.05, 0) is 56.2 Å². The van der Waals surface area contributed by atoms with Gasteiger partial charge in [-0.2, -0.15) is 0 Å². The number of fused-ring (bicyclic) bond motifs is 3. The quantitative estimate of drug-likeness (QED) is 0.516. The maximum Gasteiger partial charge on any atom is 0.223 e. The number of piperidine rings is 2. The molecular weight excluding hydrogens is 449 g/mol. The number of hydrogen-bond acceptors (Lipinski definition) is 6. The molecule has 6 nitrogen and oxygen atoms in total. The highest BCUT2D eigenvalue weighted by Crippen LogP contribution is 2.39. The first kappa shape index (κ1) is 23.4. The van der Waals surface area contributed by atoms with Crippen molar-refractivity contribution < 1.29 is 9.18 Å². The van der Waals surface area contributed by atoms with Crippen molar-refractivity contribution in [3.05, 3.63) is 30.3 Å². The molecule has 0 bridgehead atoms. The van der Waals surface area contributed by atoms with Crippen LogP contribution in [0.5, 0.6) is 0 Å². The number of nitrogens with one attached hydrogen (secondary N) is 1. The van der Waals surface area contributed by atoms with E-state index in [9.17, 15) is 9.18 Å². The predicted molar refractivity (Wildman–Crippen MR) is 137 cm³/mol. The minimum absolute atomic E-state index is 0.0449. The Morgan fingerprint density at radius 3 is 2.71 bits per heavy atom. The molecule has 3 aromatic rings. The molecule has 0 saturated carbocycles. The Bertz CT molecular complexity index is 1150. The van der Waals surface area contributed by atoms with Crippen molar-refractivity contribution in [2.24, 2.45) is 17.8 Å². The molecule has 2 saturated heterocycles. The lowest BCUT2D eigenvalue weighted by Gasteiger charge is -2.35. The summed E-state index contributed by atoms with van der Waals surface area (Å²) in [6.45, 7) is 10.4. The number of thiophene rings is 1. The fraction of sp³-hybridized carbons (Fsp3) is 0.577. The van der Waals surface area contributed by atoms with Gasteiger partial charge in [-0.1, -0.05) is 19.9 Å². The van der Waals surface area contributed by atoms with Gasteiger partial charge in [0.15, 0.2) is 0 Å². The predicted octanol–water partition coefficient (Wildman–Crippen LogP) is 4.68. The Morgan fingerprint density at radius 1 is 1.18 bits per heavy atom. The molecule has 2 aliphatic heterocycles. The minimum Gasteiger partial charge on any atom is -0.356 e. The van der Waals surface area contributed by atoms with Crippen LogP contribution in [0.2, 0.25) is 0 Å². The average Bonchev–Trinajstić information content (AvgIpc) is 3.21. The van der Waals surface area contributed by atoms with Gasteiger partial charge in [0.25, 0.3) is 0 Å². The second-order valence-electron chi connectivity index (χ2n) is 10.2. The van der Waals surface area contributed by atoms with Crippen LogP contribution in [0.25, 0.3) is 20.3 Å². The molecule has 8 heteroatoms. The average molecular weight is 484 g/mol. The summed E-state index contributed by atoms with van der Waals surface area (Å²) in [5.41, 5.74) is 0.681. The third-order valence-corrected chi connectivity index (χ3v) is 8.41. The van der Waals surface area contributed by atoms with E-state index in [2.05, 4.69) is 38.9 Å². The SMILES string of the molecule is C[C@@H]1C[C@H](C)CN(CCCNC(=O)C2CCN(c3ncnc4c3sc3cccc(F)c34)CC2)C1. The standard InChI is InChI=1S/C26H34FN5OS/c1-17-13-18(2)15-31(14-17)10-4-9-28-26(33)19-7-11-32(12-8-19)25-24-23(29-16-30-25)22-20(27)5-3-6-21(22)34-24/h3,5-6,16-19H,4,7-15H2,1-2H3,(H,28,33)/t17-,18+. The molecule has 2 aromatic heterocycles. The number of halogens is 1. The summed E-state index contributed by atoms with van der Waals surface area (Å²) in [5.74, 6) is 2.38. The molecular formula is C26H34FN5OS. The fourth-order valence-corrected chi connectivity index (χ4v) is 6.96. The molecule has 182 valence electrons. The lowest BCUT2D eigenvalue weighted by atomic mass is 9.92. The molecule has 1 N–H and O–H groups in total. The molecule has 0 aliphatic carbocycles. The zero-order valence-electron chi connectivity index (χ0n) is 20.1. The van der Waals surface area contributed by atoms with E-state index in [1.54, 1.807) is 6.07 Å². The lowest BCUT2D eigenvalue weighted by Crippen LogP contribution is -2.42. The van der Waals surface area contributed by atoms with E-state index in [0.717, 1.165) is 72.5 Å². The van der Waals surface area contributed by atoms with Gasteiger partial charge in [-0.3, -0.25) is 4.79 Å². The Labute approximate surface area is 204 Å². The molecule has 2 atom stereocenters. The van der Waals surface area contributed by atoms with Crippen LogP contribution in [0.1, 0.15) is 39.5 Å². The molecule has 1 amide bonds. The highest BCUT2D eigenvalue weighted by Gasteiger charge is 2.27. The lowest BCUT2D eigenvalue weighted by molar-refractivity contribution is -0.125. The zero-order chi connectivity index (χ0) is 23.7. The van der Waals surface area contributed by atoms with E-state index < -0.39 is 0 Å². The third-order valence-electron chi connectivity index (χ3n) is 7.27. The Hall–Kier alpha value is -2.32. The van der Waals surface area contributed by atoms with Gasteiger partial charge in [0, 0.05) is 43.3 Å². The van der Waals surface area contributed by atoms with E-state index in [4.69, 9.17) is 0 Å². The number of nitrogens with zero attached hydrogens (tertiary/aromatic N) is 4. The molecule has 1 aromatic carbocycles. The van der Waals surface area contributed by atoms with Gasteiger partial charge in [-0.25, -0.2) is 14.4 Å². The summed E-state index contributed by atoms with van der Waals surface area (Å²) in [6.07, 6.45) is 5.46. The number of hydrogen-bond donors (Lipinski definition) is 1. The largest absolute Gasteiger partial charge is 0.356 e. The first-order valence-corrected chi connectivity index (χ1v) is 13.4. The van der Waals surface area contributed by atoms with Crippen molar-refractivity contribution >= 4 is 43.4 Å². The van der Waals surface area contributed by atoms with Gasteiger partial charge in [0.05, 0.1) is 15.6 Å². The summed E-state index contributed by atoms with van der Waals surface area (Å²) >= 11 is 1.54. The van der Waals surface area contributed by atoms with Gasteiger partial charge in [0.2, 0.25) is 5.91 Å². The molecule has 34 heavy (non-hydrogen) atoms. The second-order valence-corrected chi connectivity index (χ2v) is 11.3. The summed E-state index contributed by atoms with van der Waals surface area (Å²) in [7, 11) is 0. The number of benzene rings is 1. The third kappa shape index (κ3) is 4.89. The molecule has 2 aliphatic rings. The number of aromatic nitrogens is 2. The summed E-state index contributed by atoms with van der Waals surface area (Å²) < 4.78 is 16.2. The minimum atomic E-state index is -0.243. The molecule has 0 spiro atoms. The van der Waals surface area contributed by atoms with Crippen LogP contribution < -0.4 is 10.2 Å². The second kappa shape index (κ2) is 10.1. The molecule has 0 radical (unpaired) electrons. The van der Waals surface area contributed by atoms with Gasteiger partial charge in [0.1, 0.15) is 18.0 Å². The Morgan fingerprint density at radius 2 is 1.94 bits per heavy atom. The number of anilines is 1. The summed E-state index contributed by atoms with van der Waals surface area (Å²) in [4.78, 5) is 26.4. The van der Waals surface area contributed by atoms with Crippen molar-refractivity contribution in [2.75, 3.05) is 44.2 Å². The maximum atomic E-state index is 14.4. The number of amides is 1. The Balaban J connectivity index is 1.14. The van der Waals surface area contributed by atoms with Crippen molar-refractivity contribution in [2.45, 2.75) is 39.5 Å². The van der Waals surface area contributed by atoms with Crippen LogP contribution in [-0.2, 0) is 4.79 Å². The first-order chi connectivity index (χ1) is 16.5. The molecule has 0 unspecified atom stereocenters. The topological polar surface area (TPSA) is 61.4 Å². The first-order valence-electron chi connectivity index (χ1n) is 12.6. The smallest absolute Gasteiger partial charge is 0.223 e. The Kier molecular flexibility index (Phi) is 6.97. The number of rotatable bonds is 6. The maximum absolute atomic E-state index is 14.4. The number of carbonyl (C=O) groups excluding carboxylic acids is 1. The van der Waals surface area contributed by atoms with Crippen LogP contribution >= 0.6 is 11.3 Å². The van der Waals surface area contributed by atoms with Crippen molar-refractivity contribution in [3.63, 3.8) is 0 Å². The van der Waals surface area contributed by atoms with Crippen LogP contribution in [-0.4, -0.2) is 60.0 Å². The fourth-order valence-electron chi connectivity index (χ4n) is 5.78. The van der Waals surface area contributed by atoms with Gasteiger partial charge in [-0.15, -0.1) is 11.3 Å². The van der Waals surface area contributed by atoms with E-state index in [0.29, 0.717) is 10.9 Å². The summed E-state index contributed by atoms with van der Waals surface area (Å²) in [5, 5.41) is 3.75. The highest BCUT2D eigenvalue weighted by molar-refractivity contribution is 7.26. The van der Waals surface area contributed by atoms with Gasteiger partial charge >= 0.3 is 0 Å². The number of likely N-dealkylation sites (tertiary alicyclic amines) is 1. The molecule has 2 fully saturated rings. The highest BCUT2D eigenvalue weighted by atomic mass is 32.1. The molecule has 5 rings (SSSR count). The van der Waals surface area contributed by atoms with Gasteiger partial charge < -0.3 is 15.1 Å². The van der Waals surface area contributed by atoms with E-state index in [1.807, 2.05) is 6.07 Å². The van der Waals surface area contributed by atoms with Crippen LogP contribution in [0, 0.1) is 23.6 Å². The van der Waals surface area contributed by atoms with E-state index in [1.165, 1.54) is 43.2 Å². The van der Waals surface area contributed by atoms with Crippen LogP contribution in [0.3, 0.4) is 0 Å². The summed E-state index contributed by atoms with van der Waals surface area (Å²) in [6, 6.07) is 5.14. The van der Waals surface area contributed by atoms with Crippen molar-refractivity contribution in [1.82, 2.24) is 20.2 Å². The monoisotopic (exact) mass is 483 g/mol. The van der Waals surface area contributed by atoms with Crippen molar-refractivity contribution in [1.29, 1.82) is 0 Å². The van der Waals surface area contributed by atoms with Crippen molar-refractivity contribution in [3.8, 4) is 0 Å². The normalized spacial score (nSPS) is 22.5. The number of carbonyl (C=O) groups is 1. The van der Waals surface area contributed by atoms with Crippen LogP contribution in [0.4, 0.5) is 10.2 Å². The zero-order valence-corrected chi connectivity index (χ0v) is 20.9.